The van der Waals surface area contributed by atoms with Gasteiger partial charge < -0.3 is 9.47 Å². The smallest absolute Gasteiger partial charge is 0.266 e. The molecule has 2 aromatic heterocycles. The molecule has 0 radical (unpaired) electrons. The Morgan fingerprint density at radius 1 is 1.20 bits per heavy atom. The fourth-order valence-corrected chi connectivity index (χ4v) is 3.91. The average Bonchev–Trinajstić information content (AvgIpc) is 3.42. The quantitative estimate of drug-likeness (QED) is 0.429. The second-order valence-corrected chi connectivity index (χ2v) is 7.40. The molecule has 0 aliphatic carbocycles. The fraction of sp³-hybridized carbons (Fsp3) is 0.190. The van der Waals surface area contributed by atoms with E-state index in [4.69, 9.17) is 9.47 Å². The maximum atomic E-state index is 13.6. The van der Waals surface area contributed by atoms with Crippen molar-refractivity contribution >= 4 is 32.6 Å². The van der Waals surface area contributed by atoms with Crippen LogP contribution in [0.4, 0.5) is 9.52 Å². The molecule has 0 atom stereocenters. The van der Waals surface area contributed by atoms with Gasteiger partial charge >= 0.3 is 0 Å². The summed E-state index contributed by atoms with van der Waals surface area (Å²) in [4.78, 5) is 19.1. The Kier molecular flexibility index (Phi) is 5.89. The lowest BCUT2D eigenvalue weighted by atomic mass is 10.3. The molecule has 4 aromatic rings. The summed E-state index contributed by atoms with van der Waals surface area (Å²) in [5.74, 6) is 0.572. The highest BCUT2D eigenvalue weighted by Crippen LogP contribution is 2.29. The molecule has 7 nitrogen and oxygen atoms in total. The predicted molar refractivity (Wildman–Crippen MR) is 113 cm³/mol. The van der Waals surface area contributed by atoms with Crippen LogP contribution in [0.15, 0.2) is 60.9 Å². The van der Waals surface area contributed by atoms with Crippen LogP contribution in [0.3, 0.4) is 0 Å². The van der Waals surface area contributed by atoms with Gasteiger partial charge in [0.15, 0.2) is 11.7 Å². The lowest BCUT2D eigenvalue weighted by molar-refractivity contribution is -0.120. The first kappa shape index (κ1) is 19.8. The van der Waals surface area contributed by atoms with Gasteiger partial charge in [0.2, 0.25) is 0 Å². The molecule has 0 aliphatic heterocycles. The number of carbonyl (C=O) groups excluding carboxylic acids is 1. The molecule has 0 N–H and O–H groups in total. The Morgan fingerprint density at radius 3 is 2.87 bits per heavy atom. The van der Waals surface area contributed by atoms with Crippen LogP contribution >= 0.6 is 11.3 Å². The molecule has 1 amide bonds. The minimum Gasteiger partial charge on any atom is -0.497 e. The van der Waals surface area contributed by atoms with Gasteiger partial charge in [0.25, 0.3) is 5.91 Å². The van der Waals surface area contributed by atoms with Crippen molar-refractivity contribution in [2.75, 3.05) is 25.2 Å². The molecule has 30 heavy (non-hydrogen) atoms. The Hall–Kier alpha value is -3.46. The van der Waals surface area contributed by atoms with Crippen LogP contribution < -0.4 is 14.4 Å². The van der Waals surface area contributed by atoms with Gasteiger partial charge in [-0.25, -0.2) is 9.37 Å². The number of halogens is 1. The zero-order valence-electron chi connectivity index (χ0n) is 16.2. The van der Waals surface area contributed by atoms with E-state index in [-0.39, 0.29) is 18.3 Å². The zero-order chi connectivity index (χ0) is 20.9. The highest BCUT2D eigenvalue weighted by Gasteiger charge is 2.21. The summed E-state index contributed by atoms with van der Waals surface area (Å²) in [6.07, 6.45) is 3.50. The monoisotopic (exact) mass is 426 g/mol. The maximum Gasteiger partial charge on any atom is 0.266 e. The SMILES string of the molecule is COc1cccc(OCC(=O)N(CCn2cccn2)c2nc3ccc(F)cc3s2)c1. The number of hydrogen-bond donors (Lipinski definition) is 0. The largest absolute Gasteiger partial charge is 0.497 e. The molecule has 0 aliphatic rings. The summed E-state index contributed by atoms with van der Waals surface area (Å²) >= 11 is 1.26. The summed E-state index contributed by atoms with van der Waals surface area (Å²) in [6.45, 7) is 0.670. The summed E-state index contributed by atoms with van der Waals surface area (Å²) in [7, 11) is 1.57. The van der Waals surface area contributed by atoms with Gasteiger partial charge in [0.1, 0.15) is 17.3 Å². The number of nitrogens with zero attached hydrogens (tertiary/aromatic N) is 4. The number of amides is 1. The van der Waals surface area contributed by atoms with E-state index >= 15 is 0 Å². The number of anilines is 1. The topological polar surface area (TPSA) is 69.5 Å². The number of rotatable bonds is 8. The van der Waals surface area contributed by atoms with Crippen molar-refractivity contribution in [3.63, 3.8) is 0 Å². The van der Waals surface area contributed by atoms with Gasteiger partial charge in [-0.15, -0.1) is 0 Å². The number of ether oxygens (including phenoxy) is 2. The van der Waals surface area contributed by atoms with Crippen molar-refractivity contribution in [2.45, 2.75) is 6.54 Å². The van der Waals surface area contributed by atoms with E-state index in [2.05, 4.69) is 10.1 Å². The van der Waals surface area contributed by atoms with E-state index in [9.17, 15) is 9.18 Å². The second kappa shape index (κ2) is 8.91. The van der Waals surface area contributed by atoms with Crippen molar-refractivity contribution in [3.05, 3.63) is 66.7 Å². The van der Waals surface area contributed by atoms with Crippen molar-refractivity contribution in [2.24, 2.45) is 0 Å². The van der Waals surface area contributed by atoms with Gasteiger partial charge in [-0.1, -0.05) is 17.4 Å². The van der Waals surface area contributed by atoms with Gasteiger partial charge in [-0.05, 0) is 36.4 Å². The highest BCUT2D eigenvalue weighted by molar-refractivity contribution is 7.22. The first-order chi connectivity index (χ1) is 14.6. The molecule has 0 spiro atoms. The lowest BCUT2D eigenvalue weighted by Gasteiger charge is -2.20. The molecule has 0 saturated carbocycles. The van der Waals surface area contributed by atoms with Crippen LogP contribution in [0.1, 0.15) is 0 Å². The molecule has 0 unspecified atom stereocenters. The highest BCUT2D eigenvalue weighted by atomic mass is 32.1. The minimum absolute atomic E-state index is 0.170. The van der Waals surface area contributed by atoms with Crippen LogP contribution in [-0.4, -0.2) is 40.9 Å². The summed E-state index contributed by atoms with van der Waals surface area (Å²) in [5.41, 5.74) is 0.641. The first-order valence-electron chi connectivity index (χ1n) is 9.23. The number of aromatic nitrogens is 3. The van der Waals surface area contributed by atoms with E-state index in [0.29, 0.717) is 39.9 Å². The third-order valence-corrected chi connectivity index (χ3v) is 5.43. The molecule has 2 aromatic carbocycles. The number of hydrogen-bond acceptors (Lipinski definition) is 6. The average molecular weight is 426 g/mol. The first-order valence-corrected chi connectivity index (χ1v) is 10.0. The summed E-state index contributed by atoms with van der Waals surface area (Å²) in [5, 5.41) is 4.66. The Bertz CT molecular complexity index is 1150. The predicted octanol–water partition coefficient (Wildman–Crippen LogP) is 3.75. The molecule has 0 bridgehead atoms. The third-order valence-electron chi connectivity index (χ3n) is 4.39. The molecule has 9 heteroatoms. The van der Waals surface area contributed by atoms with E-state index in [1.807, 2.05) is 12.3 Å². The van der Waals surface area contributed by atoms with E-state index in [0.717, 1.165) is 0 Å². The van der Waals surface area contributed by atoms with E-state index in [1.165, 1.54) is 23.5 Å². The zero-order valence-corrected chi connectivity index (χ0v) is 17.0. The molecule has 0 fully saturated rings. The normalized spacial score (nSPS) is 10.9. The summed E-state index contributed by atoms with van der Waals surface area (Å²) in [6, 6.07) is 13.2. The molecular weight excluding hydrogens is 407 g/mol. The maximum absolute atomic E-state index is 13.6. The van der Waals surface area contributed by atoms with Crippen molar-refractivity contribution in [1.29, 1.82) is 0 Å². The molecular formula is C21H19FN4O3S. The van der Waals surface area contributed by atoms with Crippen LogP contribution in [0.2, 0.25) is 0 Å². The molecule has 2 heterocycles. The van der Waals surface area contributed by atoms with Crippen LogP contribution in [0, 0.1) is 5.82 Å². The van der Waals surface area contributed by atoms with Gasteiger partial charge in [0.05, 0.1) is 23.9 Å². The molecule has 4 rings (SSSR count). The van der Waals surface area contributed by atoms with E-state index < -0.39 is 0 Å². The standard InChI is InChI=1S/C21H19FN4O3S/c1-28-16-4-2-5-17(13-16)29-14-20(27)26(11-10-25-9-3-8-23-25)21-24-18-7-6-15(22)12-19(18)30-21/h2-9,12-13H,10-11,14H2,1H3. The number of carbonyl (C=O) groups is 1. The van der Waals surface area contributed by atoms with Crippen molar-refractivity contribution in [1.82, 2.24) is 14.8 Å². The Labute approximate surface area is 176 Å². The third kappa shape index (κ3) is 4.57. The number of benzene rings is 2. The van der Waals surface area contributed by atoms with Crippen LogP contribution in [-0.2, 0) is 11.3 Å². The van der Waals surface area contributed by atoms with Gasteiger partial charge in [0, 0.05) is 25.0 Å². The second-order valence-electron chi connectivity index (χ2n) is 6.39. The number of methoxy groups -OCH3 is 1. The molecule has 154 valence electrons. The number of fused-ring (bicyclic) bond motifs is 1. The Morgan fingerprint density at radius 2 is 2.07 bits per heavy atom. The number of thiazole rings is 1. The minimum atomic E-state index is -0.339. The van der Waals surface area contributed by atoms with Gasteiger partial charge in [-0.3, -0.25) is 14.4 Å². The van der Waals surface area contributed by atoms with Crippen molar-refractivity contribution < 1.29 is 18.7 Å². The van der Waals surface area contributed by atoms with E-state index in [1.54, 1.807) is 53.2 Å². The molecule has 0 saturated heterocycles. The van der Waals surface area contributed by atoms with Crippen LogP contribution in [0.25, 0.3) is 10.2 Å². The van der Waals surface area contributed by atoms with Crippen LogP contribution in [0.5, 0.6) is 11.5 Å². The summed E-state index contributed by atoms with van der Waals surface area (Å²) < 4.78 is 26.8. The van der Waals surface area contributed by atoms with Gasteiger partial charge in [-0.2, -0.15) is 5.10 Å². The Balaban J connectivity index is 1.54. The van der Waals surface area contributed by atoms with Crippen molar-refractivity contribution in [3.8, 4) is 11.5 Å². The fourth-order valence-electron chi connectivity index (χ4n) is 2.88. The lowest BCUT2D eigenvalue weighted by Crippen LogP contribution is -2.37.